The standard InChI is InChI=1S/C19H28O2/c1-6-21-19(12-10-18(4,5)11-13-19)17(20)16-9-7-8-14(2)15(16)3/h7-9H,6,10-13H2,1-5H3. The lowest BCUT2D eigenvalue weighted by molar-refractivity contribution is -0.0580. The van der Waals surface area contributed by atoms with Gasteiger partial charge in [-0.15, -0.1) is 0 Å². The summed E-state index contributed by atoms with van der Waals surface area (Å²) in [6.45, 7) is 11.2. The largest absolute Gasteiger partial charge is 0.367 e. The van der Waals surface area contributed by atoms with Gasteiger partial charge >= 0.3 is 0 Å². The molecule has 2 nitrogen and oxygen atoms in total. The molecule has 0 heterocycles. The molecule has 1 aliphatic carbocycles. The Morgan fingerprint density at radius 3 is 2.33 bits per heavy atom. The predicted molar refractivity (Wildman–Crippen MR) is 86.9 cm³/mol. The maximum absolute atomic E-state index is 13.2. The summed E-state index contributed by atoms with van der Waals surface area (Å²) in [5.41, 5.74) is 2.81. The van der Waals surface area contributed by atoms with Gasteiger partial charge in [-0.05, 0) is 63.0 Å². The Kier molecular flexibility index (Phi) is 4.57. The lowest BCUT2D eigenvalue weighted by Crippen LogP contribution is -2.46. The van der Waals surface area contributed by atoms with Gasteiger partial charge in [-0.3, -0.25) is 4.79 Å². The van der Waals surface area contributed by atoms with E-state index in [1.54, 1.807) is 0 Å². The van der Waals surface area contributed by atoms with Gasteiger partial charge in [-0.1, -0.05) is 32.0 Å². The molecule has 1 saturated carbocycles. The van der Waals surface area contributed by atoms with Crippen LogP contribution in [0.5, 0.6) is 0 Å². The Hall–Kier alpha value is -1.15. The number of hydrogen-bond donors (Lipinski definition) is 0. The monoisotopic (exact) mass is 288 g/mol. The van der Waals surface area contributed by atoms with Gasteiger partial charge in [0.15, 0.2) is 5.78 Å². The Bertz CT molecular complexity index is 518. The van der Waals surface area contributed by atoms with E-state index < -0.39 is 5.60 Å². The van der Waals surface area contributed by atoms with E-state index in [0.717, 1.165) is 36.8 Å². The van der Waals surface area contributed by atoms with E-state index in [2.05, 4.69) is 26.8 Å². The van der Waals surface area contributed by atoms with Crippen LogP contribution in [0.4, 0.5) is 0 Å². The number of Topliss-reactive ketones (excluding diaryl/α,β-unsaturated/α-hetero) is 1. The molecule has 21 heavy (non-hydrogen) atoms. The number of ether oxygens (including phenoxy) is 1. The summed E-state index contributed by atoms with van der Waals surface area (Å²) < 4.78 is 6.03. The molecule has 1 aromatic carbocycles. The molecule has 0 amide bonds. The SMILES string of the molecule is CCOC1(C(=O)c2cccc(C)c2C)CCC(C)(C)CC1. The van der Waals surface area contributed by atoms with E-state index in [1.807, 2.05) is 26.0 Å². The Balaban J connectivity index is 2.34. The highest BCUT2D eigenvalue weighted by molar-refractivity contribution is 6.04. The molecule has 0 bridgehead atoms. The van der Waals surface area contributed by atoms with Gasteiger partial charge in [0.05, 0.1) is 0 Å². The first-order valence-corrected chi connectivity index (χ1v) is 8.06. The van der Waals surface area contributed by atoms with Crippen LogP contribution in [-0.2, 0) is 4.74 Å². The van der Waals surface area contributed by atoms with Crippen molar-refractivity contribution in [3.63, 3.8) is 0 Å². The van der Waals surface area contributed by atoms with Crippen LogP contribution in [0.3, 0.4) is 0 Å². The van der Waals surface area contributed by atoms with Crippen LogP contribution in [0.1, 0.15) is 67.9 Å². The molecule has 0 saturated heterocycles. The third-order valence-corrected chi connectivity index (χ3v) is 5.09. The molecular weight excluding hydrogens is 260 g/mol. The Labute approximate surface area is 128 Å². The summed E-state index contributed by atoms with van der Waals surface area (Å²) in [5.74, 6) is 0.182. The molecular formula is C19H28O2. The maximum Gasteiger partial charge on any atom is 0.194 e. The highest BCUT2D eigenvalue weighted by atomic mass is 16.5. The van der Waals surface area contributed by atoms with Gasteiger partial charge < -0.3 is 4.74 Å². The molecule has 2 heteroatoms. The Morgan fingerprint density at radius 1 is 1.14 bits per heavy atom. The average molecular weight is 288 g/mol. The Morgan fingerprint density at radius 2 is 1.76 bits per heavy atom. The van der Waals surface area contributed by atoms with Gasteiger partial charge in [0, 0.05) is 12.2 Å². The number of rotatable bonds is 4. The summed E-state index contributed by atoms with van der Waals surface area (Å²) in [5, 5.41) is 0. The van der Waals surface area contributed by atoms with Crippen LogP contribution in [0.25, 0.3) is 0 Å². The summed E-state index contributed by atoms with van der Waals surface area (Å²) in [7, 11) is 0. The van der Waals surface area contributed by atoms with E-state index in [0.29, 0.717) is 12.0 Å². The lowest BCUT2D eigenvalue weighted by Gasteiger charge is -2.42. The maximum atomic E-state index is 13.2. The highest BCUT2D eigenvalue weighted by Crippen LogP contribution is 2.43. The van der Waals surface area contributed by atoms with Crippen molar-refractivity contribution in [3.8, 4) is 0 Å². The van der Waals surface area contributed by atoms with Crippen molar-refractivity contribution < 1.29 is 9.53 Å². The summed E-state index contributed by atoms with van der Waals surface area (Å²) in [4.78, 5) is 13.2. The number of carbonyl (C=O) groups excluding carboxylic acids is 1. The van der Waals surface area contributed by atoms with Gasteiger partial charge in [0.1, 0.15) is 5.60 Å². The first kappa shape index (κ1) is 16.2. The fourth-order valence-electron chi connectivity index (χ4n) is 3.29. The highest BCUT2D eigenvalue weighted by Gasteiger charge is 2.45. The minimum atomic E-state index is -0.608. The van der Waals surface area contributed by atoms with Gasteiger partial charge in [-0.2, -0.15) is 0 Å². The number of hydrogen-bond acceptors (Lipinski definition) is 2. The van der Waals surface area contributed by atoms with Crippen LogP contribution >= 0.6 is 0 Å². The number of ketones is 1. The second kappa shape index (κ2) is 5.92. The summed E-state index contributed by atoms with van der Waals surface area (Å²) in [6, 6.07) is 5.98. The van der Waals surface area contributed by atoms with Crippen molar-refractivity contribution in [1.82, 2.24) is 0 Å². The molecule has 116 valence electrons. The normalized spacial score (nSPS) is 20.2. The van der Waals surface area contributed by atoms with Crippen molar-refractivity contribution in [2.24, 2.45) is 5.41 Å². The third-order valence-electron chi connectivity index (χ3n) is 5.09. The molecule has 0 radical (unpaired) electrons. The van der Waals surface area contributed by atoms with E-state index >= 15 is 0 Å². The molecule has 0 aliphatic heterocycles. The second-order valence-electron chi connectivity index (χ2n) is 7.17. The molecule has 1 aromatic rings. The first-order valence-electron chi connectivity index (χ1n) is 8.06. The predicted octanol–water partition coefficient (Wildman–Crippen LogP) is 4.86. The smallest absolute Gasteiger partial charge is 0.194 e. The van der Waals surface area contributed by atoms with Crippen molar-refractivity contribution in [2.45, 2.75) is 65.9 Å². The number of aryl methyl sites for hydroxylation is 1. The van der Waals surface area contributed by atoms with Crippen LogP contribution in [0, 0.1) is 19.3 Å². The molecule has 1 aliphatic rings. The quantitative estimate of drug-likeness (QED) is 0.739. The molecule has 0 atom stereocenters. The minimum Gasteiger partial charge on any atom is -0.367 e. The van der Waals surface area contributed by atoms with E-state index in [4.69, 9.17) is 4.74 Å². The average Bonchev–Trinajstić information content (AvgIpc) is 2.44. The molecule has 0 unspecified atom stereocenters. The lowest BCUT2D eigenvalue weighted by atomic mass is 9.68. The molecule has 0 spiro atoms. The molecule has 0 aromatic heterocycles. The first-order chi connectivity index (χ1) is 9.81. The van der Waals surface area contributed by atoms with Gasteiger partial charge in [0.25, 0.3) is 0 Å². The zero-order valence-electron chi connectivity index (χ0n) is 14.1. The van der Waals surface area contributed by atoms with Crippen molar-refractivity contribution in [3.05, 3.63) is 34.9 Å². The summed E-state index contributed by atoms with van der Waals surface area (Å²) in [6.07, 6.45) is 3.76. The van der Waals surface area contributed by atoms with E-state index in [1.165, 1.54) is 5.56 Å². The van der Waals surface area contributed by atoms with E-state index in [9.17, 15) is 4.79 Å². The van der Waals surface area contributed by atoms with Crippen LogP contribution < -0.4 is 0 Å². The third kappa shape index (κ3) is 3.21. The van der Waals surface area contributed by atoms with Gasteiger partial charge in [-0.25, -0.2) is 0 Å². The minimum absolute atomic E-state index is 0.182. The number of carbonyl (C=O) groups is 1. The van der Waals surface area contributed by atoms with Crippen LogP contribution in [0.15, 0.2) is 18.2 Å². The second-order valence-corrected chi connectivity index (χ2v) is 7.17. The number of benzene rings is 1. The van der Waals surface area contributed by atoms with Crippen LogP contribution in [0.2, 0.25) is 0 Å². The zero-order valence-corrected chi connectivity index (χ0v) is 14.1. The fourth-order valence-corrected chi connectivity index (χ4v) is 3.29. The molecule has 0 N–H and O–H groups in total. The summed E-state index contributed by atoms with van der Waals surface area (Å²) >= 11 is 0. The van der Waals surface area contributed by atoms with Crippen LogP contribution in [-0.4, -0.2) is 18.0 Å². The topological polar surface area (TPSA) is 26.3 Å². The fraction of sp³-hybridized carbons (Fsp3) is 0.632. The van der Waals surface area contributed by atoms with Gasteiger partial charge in [0.2, 0.25) is 0 Å². The van der Waals surface area contributed by atoms with Crippen molar-refractivity contribution >= 4 is 5.78 Å². The zero-order chi connectivity index (χ0) is 15.7. The van der Waals surface area contributed by atoms with E-state index in [-0.39, 0.29) is 5.78 Å². The van der Waals surface area contributed by atoms with Crippen molar-refractivity contribution in [1.29, 1.82) is 0 Å². The molecule has 1 fully saturated rings. The molecule has 2 rings (SSSR count). The van der Waals surface area contributed by atoms with Crippen molar-refractivity contribution in [2.75, 3.05) is 6.61 Å².